The van der Waals surface area contributed by atoms with Gasteiger partial charge in [0.25, 0.3) is 11.7 Å². The van der Waals surface area contributed by atoms with E-state index in [1.54, 1.807) is 12.1 Å². The molecule has 27 heavy (non-hydrogen) atoms. The number of hydrogen-bond acceptors (Lipinski definition) is 2. The zero-order chi connectivity index (χ0) is 19.4. The van der Waals surface area contributed by atoms with E-state index in [0.717, 1.165) is 15.6 Å². The van der Waals surface area contributed by atoms with E-state index in [1.807, 2.05) is 41.1 Å². The van der Waals surface area contributed by atoms with Crippen molar-refractivity contribution in [3.8, 4) is 0 Å². The van der Waals surface area contributed by atoms with Gasteiger partial charge in [0.2, 0.25) is 0 Å². The van der Waals surface area contributed by atoms with Gasteiger partial charge in [0.1, 0.15) is 0 Å². The molecular weight excluding hydrogens is 404 g/mol. The van der Waals surface area contributed by atoms with Crippen molar-refractivity contribution in [2.24, 2.45) is 0 Å². The number of halogens is 1. The van der Waals surface area contributed by atoms with Gasteiger partial charge in [-0.1, -0.05) is 46.3 Å². The molecule has 0 bridgehead atoms. The van der Waals surface area contributed by atoms with Crippen LogP contribution in [-0.4, -0.2) is 16.3 Å². The zero-order valence-electron chi connectivity index (χ0n) is 15.3. The Bertz CT molecular complexity index is 974. The summed E-state index contributed by atoms with van der Waals surface area (Å²) < 4.78 is 2.78. The SMILES string of the molecule is Cc1ccc(Cn2cccc2C(=O)C(=O)NCc2ccc(Br)cc2)cc1C. The number of aromatic nitrogens is 1. The summed E-state index contributed by atoms with van der Waals surface area (Å²) in [4.78, 5) is 24.9. The van der Waals surface area contributed by atoms with Crippen molar-refractivity contribution in [3.63, 3.8) is 0 Å². The highest BCUT2D eigenvalue weighted by atomic mass is 79.9. The predicted octanol–water partition coefficient (Wildman–Crippen LogP) is 4.41. The fourth-order valence-corrected chi connectivity index (χ4v) is 3.10. The molecule has 0 saturated carbocycles. The fourth-order valence-electron chi connectivity index (χ4n) is 2.84. The summed E-state index contributed by atoms with van der Waals surface area (Å²) in [6.45, 7) is 5.00. The largest absolute Gasteiger partial charge is 0.345 e. The van der Waals surface area contributed by atoms with E-state index in [1.165, 1.54) is 11.1 Å². The summed E-state index contributed by atoms with van der Waals surface area (Å²) in [6, 6.07) is 17.3. The van der Waals surface area contributed by atoms with Gasteiger partial charge in [-0.2, -0.15) is 0 Å². The lowest BCUT2D eigenvalue weighted by molar-refractivity contribution is -0.117. The molecule has 0 fully saturated rings. The summed E-state index contributed by atoms with van der Waals surface area (Å²) in [7, 11) is 0. The molecule has 0 aliphatic rings. The lowest BCUT2D eigenvalue weighted by Gasteiger charge is -2.11. The normalized spacial score (nSPS) is 10.6. The topological polar surface area (TPSA) is 51.1 Å². The summed E-state index contributed by atoms with van der Waals surface area (Å²) in [5, 5.41) is 2.70. The smallest absolute Gasteiger partial charge is 0.294 e. The molecule has 0 radical (unpaired) electrons. The molecule has 0 aliphatic carbocycles. The number of nitrogens with one attached hydrogen (secondary N) is 1. The number of carbonyl (C=O) groups excluding carboxylic acids is 2. The molecule has 0 aliphatic heterocycles. The molecular formula is C22H21BrN2O2. The first-order valence-electron chi connectivity index (χ1n) is 8.72. The van der Waals surface area contributed by atoms with E-state index >= 15 is 0 Å². The fraction of sp³-hybridized carbons (Fsp3) is 0.182. The minimum Gasteiger partial charge on any atom is -0.345 e. The lowest BCUT2D eigenvalue weighted by atomic mass is 10.1. The lowest BCUT2D eigenvalue weighted by Crippen LogP contribution is -2.32. The second kappa shape index (κ2) is 8.35. The monoisotopic (exact) mass is 424 g/mol. The summed E-state index contributed by atoms with van der Waals surface area (Å²) in [6.07, 6.45) is 1.82. The van der Waals surface area contributed by atoms with Gasteiger partial charge >= 0.3 is 0 Å². The predicted molar refractivity (Wildman–Crippen MR) is 110 cm³/mol. The first-order valence-corrected chi connectivity index (χ1v) is 9.51. The van der Waals surface area contributed by atoms with Crippen LogP contribution in [0.4, 0.5) is 0 Å². The standard InChI is InChI=1S/C22H21BrN2O2/c1-15-5-6-18(12-16(15)2)14-25-11-3-4-20(25)21(26)22(27)24-13-17-7-9-19(23)10-8-17/h3-12H,13-14H2,1-2H3,(H,24,27). The molecule has 0 saturated heterocycles. The number of rotatable bonds is 6. The average Bonchev–Trinajstić information content (AvgIpc) is 3.11. The van der Waals surface area contributed by atoms with E-state index < -0.39 is 11.7 Å². The average molecular weight is 425 g/mol. The van der Waals surface area contributed by atoms with Crippen LogP contribution in [0.15, 0.2) is 65.3 Å². The van der Waals surface area contributed by atoms with Gasteiger partial charge in [0, 0.05) is 23.8 Å². The Kier molecular flexibility index (Phi) is 5.91. The third-order valence-corrected chi connectivity index (χ3v) is 5.09. The second-order valence-corrected chi connectivity index (χ2v) is 7.49. The molecule has 3 rings (SSSR count). The number of Topliss-reactive ketones (excluding diaryl/α,β-unsaturated/α-hetero) is 1. The zero-order valence-corrected chi connectivity index (χ0v) is 16.9. The third-order valence-electron chi connectivity index (χ3n) is 4.56. The molecule has 4 nitrogen and oxygen atoms in total. The van der Waals surface area contributed by atoms with Crippen LogP contribution >= 0.6 is 15.9 Å². The van der Waals surface area contributed by atoms with Crippen molar-refractivity contribution in [3.05, 3.63) is 93.2 Å². The first kappa shape index (κ1) is 19.1. The second-order valence-electron chi connectivity index (χ2n) is 6.58. The maximum absolute atomic E-state index is 12.6. The van der Waals surface area contributed by atoms with Crippen LogP contribution in [0.5, 0.6) is 0 Å². The van der Waals surface area contributed by atoms with Crippen LogP contribution in [-0.2, 0) is 17.9 Å². The number of carbonyl (C=O) groups is 2. The van der Waals surface area contributed by atoms with Gasteiger partial charge in [-0.25, -0.2) is 0 Å². The van der Waals surface area contributed by atoms with Crippen LogP contribution in [0.2, 0.25) is 0 Å². The van der Waals surface area contributed by atoms with Crippen molar-refractivity contribution < 1.29 is 9.59 Å². The number of benzene rings is 2. The molecule has 1 amide bonds. The number of nitrogens with zero attached hydrogens (tertiary/aromatic N) is 1. The van der Waals surface area contributed by atoms with Crippen molar-refractivity contribution in [2.75, 3.05) is 0 Å². The van der Waals surface area contributed by atoms with E-state index in [2.05, 4.69) is 47.2 Å². The Morgan fingerprint density at radius 2 is 1.67 bits per heavy atom. The van der Waals surface area contributed by atoms with Gasteiger partial charge in [-0.3, -0.25) is 9.59 Å². The minimum atomic E-state index is -0.599. The maximum atomic E-state index is 12.6. The van der Waals surface area contributed by atoms with Crippen molar-refractivity contribution >= 4 is 27.6 Å². The highest BCUT2D eigenvalue weighted by Gasteiger charge is 2.19. The molecule has 1 heterocycles. The van der Waals surface area contributed by atoms with Crippen LogP contribution < -0.4 is 5.32 Å². The molecule has 5 heteroatoms. The Balaban J connectivity index is 1.68. The number of ketones is 1. The third kappa shape index (κ3) is 4.74. The number of aryl methyl sites for hydroxylation is 2. The Labute approximate surface area is 167 Å². The number of hydrogen-bond donors (Lipinski definition) is 1. The number of amides is 1. The van der Waals surface area contributed by atoms with Crippen LogP contribution in [0.1, 0.15) is 32.7 Å². The first-order chi connectivity index (χ1) is 12.9. The van der Waals surface area contributed by atoms with E-state index in [4.69, 9.17) is 0 Å². The maximum Gasteiger partial charge on any atom is 0.294 e. The quantitative estimate of drug-likeness (QED) is 0.470. The Morgan fingerprint density at radius 1 is 0.963 bits per heavy atom. The van der Waals surface area contributed by atoms with Gasteiger partial charge in [0.05, 0.1) is 5.69 Å². The molecule has 1 N–H and O–H groups in total. The molecule has 0 atom stereocenters. The molecule has 138 valence electrons. The molecule has 2 aromatic carbocycles. The van der Waals surface area contributed by atoms with Crippen molar-refractivity contribution in [1.82, 2.24) is 9.88 Å². The van der Waals surface area contributed by atoms with E-state index in [-0.39, 0.29) is 0 Å². The van der Waals surface area contributed by atoms with Crippen LogP contribution in [0.25, 0.3) is 0 Å². The molecule has 3 aromatic rings. The highest BCUT2D eigenvalue weighted by molar-refractivity contribution is 9.10. The molecule has 0 spiro atoms. The van der Waals surface area contributed by atoms with Crippen molar-refractivity contribution in [1.29, 1.82) is 0 Å². The van der Waals surface area contributed by atoms with Gasteiger partial charge in [-0.15, -0.1) is 0 Å². The van der Waals surface area contributed by atoms with Gasteiger partial charge < -0.3 is 9.88 Å². The van der Waals surface area contributed by atoms with E-state index in [9.17, 15) is 9.59 Å². The van der Waals surface area contributed by atoms with Crippen LogP contribution in [0.3, 0.4) is 0 Å². The van der Waals surface area contributed by atoms with E-state index in [0.29, 0.717) is 18.8 Å². The summed E-state index contributed by atoms with van der Waals surface area (Å²) in [5.74, 6) is -1.13. The van der Waals surface area contributed by atoms with Gasteiger partial charge in [-0.05, 0) is 60.4 Å². The van der Waals surface area contributed by atoms with Crippen LogP contribution in [0, 0.1) is 13.8 Å². The molecule has 1 aromatic heterocycles. The Hall–Kier alpha value is -2.66. The highest BCUT2D eigenvalue weighted by Crippen LogP contribution is 2.14. The molecule has 0 unspecified atom stereocenters. The van der Waals surface area contributed by atoms with Crippen molar-refractivity contribution in [2.45, 2.75) is 26.9 Å². The summed E-state index contributed by atoms with van der Waals surface area (Å²) >= 11 is 3.37. The summed E-state index contributed by atoms with van der Waals surface area (Å²) in [5.41, 5.74) is 4.86. The Morgan fingerprint density at radius 3 is 2.37 bits per heavy atom. The minimum absolute atomic E-state index is 0.315. The van der Waals surface area contributed by atoms with Gasteiger partial charge in [0.15, 0.2) is 0 Å².